The quantitative estimate of drug-likeness (QED) is 0.314. The fourth-order valence-electron chi connectivity index (χ4n) is 5.59. The number of ether oxygens (including phenoxy) is 1. The van der Waals surface area contributed by atoms with Gasteiger partial charge in [-0.1, -0.05) is 34.1 Å². The molecule has 8 unspecified atom stereocenters. The van der Waals surface area contributed by atoms with E-state index in [9.17, 15) is 25.2 Å². The molecule has 5 N–H and O–H groups in total. The second kappa shape index (κ2) is 11.8. The Labute approximate surface area is 197 Å². The van der Waals surface area contributed by atoms with Crippen LogP contribution in [0.15, 0.2) is 0 Å². The smallest absolute Gasteiger partial charge is 0.217 e. The second-order valence-corrected chi connectivity index (χ2v) is 11.1. The number of aliphatic hydroxyl groups excluding tert-OH is 4. The number of carbonyl (C=O) groups is 1. The largest absolute Gasteiger partial charge is 0.395 e. The first-order chi connectivity index (χ1) is 15.0. The van der Waals surface area contributed by atoms with E-state index in [1.165, 1.54) is 18.7 Å². The SMILES string of the molecule is CSC1OC(C(NC(C)=O)(C(C)C)C2CC(CCC(C)C)CN2CCO)C(O)C(O)C1O. The molecule has 2 heterocycles. The van der Waals surface area contributed by atoms with Crippen LogP contribution in [0, 0.1) is 17.8 Å². The number of thioether (sulfide) groups is 1. The lowest BCUT2D eigenvalue weighted by Crippen LogP contribution is -2.76. The Balaban J connectivity index is 2.51. The zero-order chi connectivity index (χ0) is 24.2. The molecule has 0 bridgehead atoms. The normalized spacial score (nSPS) is 35.9. The van der Waals surface area contributed by atoms with Crippen molar-refractivity contribution in [3.8, 4) is 0 Å². The Hall–Kier alpha value is -0.420. The summed E-state index contributed by atoms with van der Waals surface area (Å²) in [5.41, 5.74) is -1.74. The maximum absolute atomic E-state index is 12.5. The number of β-amino-alcohol motifs (C(OH)–C–C–N with tert-alkyl or cyclic N) is 1. The lowest BCUT2D eigenvalue weighted by atomic mass is 9.69. The molecule has 0 aromatic carbocycles. The predicted molar refractivity (Wildman–Crippen MR) is 126 cm³/mol. The number of hydrogen-bond acceptors (Lipinski definition) is 8. The summed E-state index contributed by atoms with van der Waals surface area (Å²) in [6, 6.07) is -0.194. The number of amides is 1. The molecule has 2 aliphatic rings. The molecule has 8 atom stereocenters. The minimum Gasteiger partial charge on any atom is -0.395 e. The second-order valence-electron chi connectivity index (χ2n) is 10.2. The molecule has 0 aromatic rings. The van der Waals surface area contributed by atoms with E-state index in [4.69, 9.17) is 4.74 Å². The van der Waals surface area contributed by atoms with Gasteiger partial charge < -0.3 is 30.5 Å². The fraction of sp³-hybridized carbons (Fsp3) is 0.957. The maximum atomic E-state index is 12.5. The van der Waals surface area contributed by atoms with E-state index in [1.54, 1.807) is 6.26 Å². The van der Waals surface area contributed by atoms with Crippen LogP contribution in [-0.2, 0) is 9.53 Å². The first kappa shape index (κ1) is 27.8. The van der Waals surface area contributed by atoms with Gasteiger partial charge in [-0.15, -0.1) is 11.8 Å². The summed E-state index contributed by atoms with van der Waals surface area (Å²) in [7, 11) is 0. The van der Waals surface area contributed by atoms with E-state index in [-0.39, 0.29) is 24.5 Å². The summed E-state index contributed by atoms with van der Waals surface area (Å²) in [6.45, 7) is 11.1. The van der Waals surface area contributed by atoms with E-state index in [1.807, 2.05) is 13.8 Å². The van der Waals surface area contributed by atoms with Crippen molar-refractivity contribution in [2.75, 3.05) is 26.0 Å². The maximum Gasteiger partial charge on any atom is 0.217 e. The van der Waals surface area contributed by atoms with Crippen molar-refractivity contribution in [2.45, 2.75) is 95.3 Å². The molecule has 188 valence electrons. The molecule has 2 aliphatic heterocycles. The first-order valence-electron chi connectivity index (χ1n) is 11.9. The van der Waals surface area contributed by atoms with Gasteiger partial charge in [0.2, 0.25) is 5.91 Å². The van der Waals surface area contributed by atoms with Crippen LogP contribution in [-0.4, -0.2) is 98.6 Å². The molecular formula is C23H44N2O6S. The predicted octanol–water partition coefficient (Wildman–Crippen LogP) is 0.807. The molecule has 1 amide bonds. The van der Waals surface area contributed by atoms with Gasteiger partial charge in [0.1, 0.15) is 29.9 Å². The number of likely N-dealkylation sites (tertiary alicyclic amines) is 1. The van der Waals surface area contributed by atoms with Gasteiger partial charge in [0.15, 0.2) is 0 Å². The molecular weight excluding hydrogens is 432 g/mol. The van der Waals surface area contributed by atoms with Gasteiger partial charge in [-0.3, -0.25) is 9.69 Å². The van der Waals surface area contributed by atoms with Gasteiger partial charge in [0.05, 0.1) is 12.1 Å². The lowest BCUT2D eigenvalue weighted by Gasteiger charge is -2.55. The molecule has 0 aliphatic carbocycles. The number of aliphatic hydroxyl groups is 4. The summed E-state index contributed by atoms with van der Waals surface area (Å²) in [5, 5.41) is 45.0. The van der Waals surface area contributed by atoms with Crippen LogP contribution in [0.3, 0.4) is 0 Å². The molecule has 2 rings (SSSR count). The number of nitrogens with zero attached hydrogens (tertiary/aromatic N) is 1. The Morgan fingerprint density at radius 1 is 1.19 bits per heavy atom. The van der Waals surface area contributed by atoms with Gasteiger partial charge in [-0.05, 0) is 36.9 Å². The zero-order valence-corrected chi connectivity index (χ0v) is 21.2. The van der Waals surface area contributed by atoms with Crippen molar-refractivity contribution in [3.05, 3.63) is 0 Å². The monoisotopic (exact) mass is 476 g/mol. The minimum absolute atomic E-state index is 0.00942. The third kappa shape index (κ3) is 5.79. The van der Waals surface area contributed by atoms with Gasteiger partial charge in [0.25, 0.3) is 0 Å². The molecule has 0 spiro atoms. The van der Waals surface area contributed by atoms with Gasteiger partial charge in [-0.25, -0.2) is 0 Å². The highest BCUT2D eigenvalue weighted by Crippen LogP contribution is 2.44. The van der Waals surface area contributed by atoms with Gasteiger partial charge in [-0.2, -0.15) is 0 Å². The molecule has 8 nitrogen and oxygen atoms in total. The topological polar surface area (TPSA) is 122 Å². The highest BCUT2D eigenvalue weighted by molar-refractivity contribution is 7.99. The van der Waals surface area contributed by atoms with Crippen LogP contribution in [0.5, 0.6) is 0 Å². The highest BCUT2D eigenvalue weighted by atomic mass is 32.2. The summed E-state index contributed by atoms with van der Waals surface area (Å²) < 4.78 is 6.23. The van der Waals surface area contributed by atoms with E-state index in [0.29, 0.717) is 18.4 Å². The van der Waals surface area contributed by atoms with E-state index in [2.05, 4.69) is 24.1 Å². The number of rotatable bonds is 10. The molecule has 2 saturated heterocycles. The standard InChI is InChI=1S/C23H44N2O6S/c1-13(2)7-8-16-11-17(25(12-16)9-10-26)23(14(3)4,24-15(5)27)21-19(29)18(28)20(30)22(31-21)32-6/h13-14,16-22,26,28-30H,7-12H2,1-6H3,(H,24,27). The average Bonchev–Trinajstić information content (AvgIpc) is 3.12. The third-order valence-corrected chi connectivity index (χ3v) is 8.06. The van der Waals surface area contributed by atoms with E-state index >= 15 is 0 Å². The van der Waals surface area contributed by atoms with Crippen molar-refractivity contribution in [1.82, 2.24) is 10.2 Å². The summed E-state index contributed by atoms with van der Waals surface area (Å²) in [4.78, 5) is 14.7. The van der Waals surface area contributed by atoms with Crippen LogP contribution in [0.4, 0.5) is 0 Å². The van der Waals surface area contributed by atoms with Crippen molar-refractivity contribution in [2.24, 2.45) is 17.8 Å². The van der Waals surface area contributed by atoms with Crippen LogP contribution < -0.4 is 5.32 Å². The highest BCUT2D eigenvalue weighted by Gasteiger charge is 2.60. The van der Waals surface area contributed by atoms with Crippen LogP contribution in [0.1, 0.15) is 53.9 Å². The number of carbonyl (C=O) groups excluding carboxylic acids is 1. The van der Waals surface area contributed by atoms with Gasteiger partial charge >= 0.3 is 0 Å². The summed E-state index contributed by atoms with van der Waals surface area (Å²) in [6.07, 6.45) is -0.183. The number of hydrogen-bond donors (Lipinski definition) is 5. The van der Waals surface area contributed by atoms with E-state index in [0.717, 1.165) is 25.8 Å². The Morgan fingerprint density at radius 3 is 2.34 bits per heavy atom. The van der Waals surface area contributed by atoms with Crippen LogP contribution in [0.2, 0.25) is 0 Å². The summed E-state index contributed by atoms with van der Waals surface area (Å²) >= 11 is 1.27. The number of nitrogens with one attached hydrogen (secondary N) is 1. The van der Waals surface area contributed by atoms with Gasteiger partial charge in [0, 0.05) is 26.1 Å². The van der Waals surface area contributed by atoms with Crippen LogP contribution in [0.25, 0.3) is 0 Å². The van der Waals surface area contributed by atoms with Crippen molar-refractivity contribution >= 4 is 17.7 Å². The van der Waals surface area contributed by atoms with Crippen molar-refractivity contribution in [1.29, 1.82) is 0 Å². The Bertz CT molecular complexity index is 607. The molecule has 0 radical (unpaired) electrons. The molecule has 0 aromatic heterocycles. The zero-order valence-electron chi connectivity index (χ0n) is 20.4. The average molecular weight is 477 g/mol. The third-order valence-electron chi connectivity index (χ3n) is 7.20. The minimum atomic E-state index is -1.39. The fourth-order valence-corrected chi connectivity index (χ4v) is 6.26. The lowest BCUT2D eigenvalue weighted by molar-refractivity contribution is -0.230. The van der Waals surface area contributed by atoms with Crippen molar-refractivity contribution < 1.29 is 30.0 Å². The van der Waals surface area contributed by atoms with Crippen molar-refractivity contribution in [3.63, 3.8) is 0 Å². The Kier molecular flexibility index (Phi) is 10.3. The molecule has 0 saturated carbocycles. The van der Waals surface area contributed by atoms with E-state index < -0.39 is 35.4 Å². The van der Waals surface area contributed by atoms with Crippen LogP contribution >= 0.6 is 11.8 Å². The molecule has 32 heavy (non-hydrogen) atoms. The summed E-state index contributed by atoms with van der Waals surface area (Å²) in [5.74, 6) is 0.595. The first-order valence-corrected chi connectivity index (χ1v) is 13.1. The molecule has 9 heteroatoms. The molecule has 2 fully saturated rings. The Morgan fingerprint density at radius 2 is 1.84 bits per heavy atom.